The van der Waals surface area contributed by atoms with Crippen LogP contribution in [-0.4, -0.2) is 4.57 Å². The third-order valence-corrected chi connectivity index (χ3v) is 10.5. The fourth-order valence-electron chi connectivity index (χ4n) is 8.55. The van der Waals surface area contributed by atoms with E-state index in [2.05, 4.69) is 192 Å². The zero-order chi connectivity index (χ0) is 31.7. The topological polar surface area (TPSA) is 17.0 Å². The summed E-state index contributed by atoms with van der Waals surface area (Å²) in [6, 6.07) is 64.5. The molecule has 0 saturated heterocycles. The molecular formula is C46H32N2. The summed E-state index contributed by atoms with van der Waals surface area (Å²) in [5, 5.41) is 6.42. The van der Waals surface area contributed by atoms with Gasteiger partial charge < -0.3 is 9.88 Å². The molecule has 0 spiro atoms. The largest absolute Gasteiger partial charge is 0.361 e. The van der Waals surface area contributed by atoms with Crippen molar-refractivity contribution in [3.05, 3.63) is 215 Å². The number of hydrogen-bond acceptors (Lipinski definition) is 1. The molecule has 7 aromatic carbocycles. The number of fused-ring (bicyclic) bond motifs is 7. The smallest absolute Gasteiger partial charge is 0.124 e. The Bertz CT molecular complexity index is 2490. The first kappa shape index (κ1) is 27.0. The molecule has 48 heavy (non-hydrogen) atoms. The number of aromatic nitrogens is 1. The SMILES string of the molecule is C1=C(c2ccccc2)c2ccccc2NC1n1c2ccccc2c2cc(C3(c4ccccc4)c4ccccc4-c4ccccc43)ccc21. The molecule has 2 aliphatic rings. The fourth-order valence-corrected chi connectivity index (χ4v) is 8.55. The summed E-state index contributed by atoms with van der Waals surface area (Å²) < 4.78 is 2.49. The van der Waals surface area contributed by atoms with Gasteiger partial charge in [-0.25, -0.2) is 0 Å². The molecule has 2 nitrogen and oxygen atoms in total. The van der Waals surface area contributed by atoms with Crippen LogP contribution in [0.15, 0.2) is 182 Å². The summed E-state index contributed by atoms with van der Waals surface area (Å²) in [6.07, 6.45) is 2.33. The Labute approximate surface area is 280 Å². The molecule has 8 aromatic rings. The summed E-state index contributed by atoms with van der Waals surface area (Å²) in [7, 11) is 0. The van der Waals surface area contributed by atoms with Crippen molar-refractivity contribution in [1.29, 1.82) is 0 Å². The van der Waals surface area contributed by atoms with Gasteiger partial charge in [-0.05, 0) is 74.9 Å². The number of nitrogens with zero attached hydrogens (tertiary/aromatic N) is 1. The van der Waals surface area contributed by atoms with E-state index in [4.69, 9.17) is 0 Å². The molecule has 1 N–H and O–H groups in total. The van der Waals surface area contributed by atoms with Crippen molar-refractivity contribution in [1.82, 2.24) is 4.57 Å². The van der Waals surface area contributed by atoms with Crippen LogP contribution in [-0.2, 0) is 5.41 Å². The molecule has 0 radical (unpaired) electrons. The summed E-state index contributed by atoms with van der Waals surface area (Å²) in [5.41, 5.74) is 14.7. The predicted octanol–water partition coefficient (Wildman–Crippen LogP) is 11.2. The Morgan fingerprint density at radius 3 is 1.79 bits per heavy atom. The molecule has 0 saturated carbocycles. The predicted molar refractivity (Wildman–Crippen MR) is 199 cm³/mol. The zero-order valence-corrected chi connectivity index (χ0v) is 26.3. The lowest BCUT2D eigenvalue weighted by Crippen LogP contribution is -2.28. The van der Waals surface area contributed by atoms with Crippen LogP contribution in [0.25, 0.3) is 38.5 Å². The molecule has 1 aliphatic heterocycles. The van der Waals surface area contributed by atoms with E-state index in [-0.39, 0.29) is 6.17 Å². The molecule has 2 heteroatoms. The van der Waals surface area contributed by atoms with Crippen molar-refractivity contribution in [2.75, 3.05) is 5.32 Å². The average Bonchev–Trinajstić information content (AvgIpc) is 3.66. The maximum Gasteiger partial charge on any atom is 0.124 e. The number of hydrogen-bond donors (Lipinski definition) is 1. The maximum atomic E-state index is 3.90. The molecule has 1 aliphatic carbocycles. The van der Waals surface area contributed by atoms with Gasteiger partial charge in [-0.1, -0.05) is 152 Å². The summed E-state index contributed by atoms with van der Waals surface area (Å²) in [4.78, 5) is 0. The van der Waals surface area contributed by atoms with Gasteiger partial charge in [0.25, 0.3) is 0 Å². The first-order valence-electron chi connectivity index (χ1n) is 16.7. The highest BCUT2D eigenvalue weighted by molar-refractivity contribution is 6.09. The minimum absolute atomic E-state index is 0.0700. The van der Waals surface area contributed by atoms with E-state index < -0.39 is 5.41 Å². The molecule has 1 aromatic heterocycles. The van der Waals surface area contributed by atoms with Crippen molar-refractivity contribution in [2.24, 2.45) is 0 Å². The Hall–Kier alpha value is -6.12. The van der Waals surface area contributed by atoms with E-state index in [0.717, 1.165) is 5.69 Å². The number of benzene rings is 7. The van der Waals surface area contributed by atoms with E-state index in [0.29, 0.717) is 0 Å². The molecule has 2 heterocycles. The highest BCUT2D eigenvalue weighted by Crippen LogP contribution is 2.56. The van der Waals surface area contributed by atoms with Crippen molar-refractivity contribution in [3.8, 4) is 11.1 Å². The highest BCUT2D eigenvalue weighted by Gasteiger charge is 2.46. The van der Waals surface area contributed by atoms with Crippen molar-refractivity contribution >= 4 is 33.1 Å². The molecule has 226 valence electrons. The Morgan fingerprint density at radius 2 is 1.04 bits per heavy atom. The molecule has 0 fully saturated rings. The molecule has 0 bridgehead atoms. The zero-order valence-electron chi connectivity index (χ0n) is 26.3. The highest BCUT2D eigenvalue weighted by atomic mass is 15.2. The van der Waals surface area contributed by atoms with Gasteiger partial charge in [0.1, 0.15) is 6.17 Å². The van der Waals surface area contributed by atoms with Gasteiger partial charge in [-0.2, -0.15) is 0 Å². The summed E-state index contributed by atoms with van der Waals surface area (Å²) in [6.45, 7) is 0. The van der Waals surface area contributed by atoms with Crippen molar-refractivity contribution in [3.63, 3.8) is 0 Å². The van der Waals surface area contributed by atoms with E-state index in [1.54, 1.807) is 0 Å². The molecule has 1 atom stereocenters. The van der Waals surface area contributed by atoms with Gasteiger partial charge in [0.2, 0.25) is 0 Å². The molecule has 10 rings (SSSR count). The van der Waals surface area contributed by atoms with E-state index in [9.17, 15) is 0 Å². The monoisotopic (exact) mass is 612 g/mol. The van der Waals surface area contributed by atoms with Crippen LogP contribution in [0, 0.1) is 0 Å². The van der Waals surface area contributed by atoms with Crippen LogP contribution in [0.4, 0.5) is 5.69 Å². The summed E-state index contributed by atoms with van der Waals surface area (Å²) >= 11 is 0. The number of rotatable bonds is 4. The van der Waals surface area contributed by atoms with Gasteiger partial charge >= 0.3 is 0 Å². The van der Waals surface area contributed by atoms with Crippen LogP contribution in [0.5, 0.6) is 0 Å². The minimum Gasteiger partial charge on any atom is -0.361 e. The van der Waals surface area contributed by atoms with Crippen LogP contribution < -0.4 is 5.32 Å². The van der Waals surface area contributed by atoms with Gasteiger partial charge in [-0.3, -0.25) is 0 Å². The molecule has 1 unspecified atom stereocenters. The van der Waals surface area contributed by atoms with Gasteiger partial charge in [0, 0.05) is 22.0 Å². The first-order valence-corrected chi connectivity index (χ1v) is 16.7. The second kappa shape index (κ2) is 10.4. The Morgan fingerprint density at radius 1 is 0.458 bits per heavy atom. The Kier molecular flexibility index (Phi) is 5.89. The van der Waals surface area contributed by atoms with Crippen molar-refractivity contribution in [2.45, 2.75) is 11.6 Å². The van der Waals surface area contributed by atoms with E-state index in [1.165, 1.54) is 71.9 Å². The minimum atomic E-state index is -0.436. The lowest BCUT2D eigenvalue weighted by molar-refractivity contribution is 0.721. The first-order chi connectivity index (χ1) is 23.8. The second-order valence-corrected chi connectivity index (χ2v) is 12.9. The lowest BCUT2D eigenvalue weighted by atomic mass is 9.67. The van der Waals surface area contributed by atoms with Crippen LogP contribution in [0.1, 0.15) is 39.5 Å². The quantitative estimate of drug-likeness (QED) is 0.209. The molecular weight excluding hydrogens is 581 g/mol. The van der Waals surface area contributed by atoms with E-state index in [1.807, 2.05) is 0 Å². The third-order valence-electron chi connectivity index (χ3n) is 10.5. The van der Waals surface area contributed by atoms with Crippen LogP contribution in [0.3, 0.4) is 0 Å². The summed E-state index contributed by atoms with van der Waals surface area (Å²) in [5.74, 6) is 0. The Balaban J connectivity index is 1.24. The van der Waals surface area contributed by atoms with Crippen LogP contribution >= 0.6 is 0 Å². The second-order valence-electron chi connectivity index (χ2n) is 12.9. The number of para-hydroxylation sites is 2. The van der Waals surface area contributed by atoms with Gasteiger partial charge in [0.05, 0.1) is 16.4 Å². The van der Waals surface area contributed by atoms with E-state index >= 15 is 0 Å². The van der Waals surface area contributed by atoms with Gasteiger partial charge in [0.15, 0.2) is 0 Å². The third kappa shape index (κ3) is 3.74. The normalized spacial score (nSPS) is 15.8. The number of nitrogens with one attached hydrogen (secondary N) is 1. The van der Waals surface area contributed by atoms with Gasteiger partial charge in [-0.15, -0.1) is 0 Å². The number of anilines is 1. The maximum absolute atomic E-state index is 3.90. The molecule has 0 amide bonds. The fraction of sp³-hybridized carbons (Fsp3) is 0.0435. The average molecular weight is 613 g/mol. The van der Waals surface area contributed by atoms with Crippen LogP contribution in [0.2, 0.25) is 0 Å². The van der Waals surface area contributed by atoms with Crippen molar-refractivity contribution < 1.29 is 0 Å². The standard InChI is InChI=1S/C46H32N2/c1-3-15-31(16-4-1)38-30-45(47-42-25-13-9-21-36(38)42)48-43-26-14-10-22-37(43)39-29-33(27-28-44(39)48)46(32-17-5-2-6-18-32)40-23-11-7-19-34(40)35-20-8-12-24-41(35)46/h1-30,45,47H. The lowest BCUT2D eigenvalue weighted by Gasteiger charge is -2.34.